The monoisotopic (exact) mass is 160 g/mol. The van der Waals surface area contributed by atoms with Gasteiger partial charge in [0.05, 0.1) is 12.1 Å². The Labute approximate surface area is 70.9 Å². The van der Waals surface area contributed by atoms with Crippen molar-refractivity contribution in [2.75, 3.05) is 0 Å². The molecule has 0 unspecified atom stereocenters. The molecular weight excluding hydrogens is 152 g/mol. The van der Waals surface area contributed by atoms with Crippen molar-refractivity contribution in [3.05, 3.63) is 12.2 Å². The number of carbonyl (C=O) groups excluding carboxylic acids is 1. The van der Waals surface area contributed by atoms with E-state index in [-0.39, 0.29) is 0 Å². The second kappa shape index (κ2) is 1.95. The number of hydrogen-bond acceptors (Lipinski definition) is 3. The zero-order valence-electron chi connectivity index (χ0n) is 7.01. The van der Waals surface area contributed by atoms with Gasteiger partial charge in [0.1, 0.15) is 0 Å². The molecule has 0 amide bonds. The second-order valence-corrected chi connectivity index (χ2v) is 3.41. The van der Waals surface area contributed by atoms with Crippen LogP contribution in [0, 0.1) is 33.5 Å². The van der Waals surface area contributed by atoms with Gasteiger partial charge in [0.2, 0.25) is 5.41 Å². The van der Waals surface area contributed by atoms with Crippen LogP contribution in [-0.4, -0.2) is 5.78 Å². The summed E-state index contributed by atoms with van der Waals surface area (Å²) in [4.78, 5) is 11.2. The van der Waals surface area contributed by atoms with Crippen LogP contribution in [0.2, 0.25) is 0 Å². The smallest absolute Gasteiger partial charge is 0.214 e. The minimum atomic E-state index is -1.50. The molecule has 1 aliphatic carbocycles. The summed E-state index contributed by atoms with van der Waals surface area (Å²) in [6.45, 7) is 6.90. The van der Waals surface area contributed by atoms with Crippen molar-refractivity contribution in [2.45, 2.75) is 13.8 Å². The van der Waals surface area contributed by atoms with Gasteiger partial charge in [-0.2, -0.15) is 10.5 Å². The largest absolute Gasteiger partial charge is 0.291 e. The Hall–Kier alpha value is -1.61. The van der Waals surface area contributed by atoms with Gasteiger partial charge in [-0.25, -0.2) is 0 Å². The summed E-state index contributed by atoms with van der Waals surface area (Å²) in [6, 6.07) is 3.53. The van der Waals surface area contributed by atoms with E-state index in [0.717, 1.165) is 0 Å². The Morgan fingerprint density at radius 2 is 1.75 bits per heavy atom. The third-order valence-corrected chi connectivity index (χ3v) is 2.64. The molecule has 0 saturated heterocycles. The maximum atomic E-state index is 11.2. The summed E-state index contributed by atoms with van der Waals surface area (Å²) in [5.74, 6) is -0.433. The topological polar surface area (TPSA) is 64.7 Å². The predicted octanol–water partition coefficient (Wildman–Crippen LogP) is 1.19. The lowest BCUT2D eigenvalue weighted by Gasteiger charge is -2.46. The average molecular weight is 160 g/mol. The molecule has 0 aromatic rings. The van der Waals surface area contributed by atoms with Crippen molar-refractivity contribution in [3.63, 3.8) is 0 Å². The number of nitrogens with zero attached hydrogens (tertiary/aromatic N) is 2. The van der Waals surface area contributed by atoms with E-state index in [1.165, 1.54) is 0 Å². The summed E-state index contributed by atoms with van der Waals surface area (Å²) in [5, 5.41) is 17.5. The van der Waals surface area contributed by atoms with Crippen LogP contribution in [0.25, 0.3) is 0 Å². The number of rotatable bonds is 0. The van der Waals surface area contributed by atoms with E-state index in [1.54, 1.807) is 26.0 Å². The molecule has 1 fully saturated rings. The molecule has 1 saturated carbocycles. The van der Waals surface area contributed by atoms with Crippen molar-refractivity contribution in [3.8, 4) is 12.1 Å². The Morgan fingerprint density at radius 3 is 1.92 bits per heavy atom. The quantitative estimate of drug-likeness (QED) is 0.500. The zero-order valence-corrected chi connectivity index (χ0v) is 7.01. The number of nitriles is 2. The summed E-state index contributed by atoms with van der Waals surface area (Å²) < 4.78 is 0. The Kier molecular flexibility index (Phi) is 1.38. The van der Waals surface area contributed by atoms with Crippen LogP contribution in [0.3, 0.4) is 0 Å². The van der Waals surface area contributed by atoms with E-state index in [0.29, 0.717) is 5.57 Å². The highest BCUT2D eigenvalue weighted by molar-refractivity contribution is 6.12. The number of Topliss-reactive ketones (excluding diaryl/α,β-unsaturated/α-hetero) is 1. The van der Waals surface area contributed by atoms with Gasteiger partial charge in [0.15, 0.2) is 5.78 Å². The molecule has 0 spiro atoms. The molecule has 0 aromatic carbocycles. The summed E-state index contributed by atoms with van der Waals surface area (Å²) in [7, 11) is 0. The van der Waals surface area contributed by atoms with Crippen LogP contribution in [0.15, 0.2) is 12.2 Å². The van der Waals surface area contributed by atoms with E-state index < -0.39 is 16.6 Å². The molecule has 0 aliphatic heterocycles. The maximum Gasteiger partial charge on any atom is 0.214 e. The van der Waals surface area contributed by atoms with Gasteiger partial charge in [0, 0.05) is 5.41 Å². The molecule has 0 radical (unpaired) electrons. The fourth-order valence-corrected chi connectivity index (χ4v) is 1.36. The van der Waals surface area contributed by atoms with E-state index in [1.807, 2.05) is 0 Å². The first-order valence-electron chi connectivity index (χ1n) is 3.50. The molecular formula is C9H8N2O. The van der Waals surface area contributed by atoms with Crippen LogP contribution in [0.1, 0.15) is 13.8 Å². The highest BCUT2D eigenvalue weighted by Gasteiger charge is 2.65. The summed E-state index contributed by atoms with van der Waals surface area (Å²) >= 11 is 0. The Morgan fingerprint density at radius 1 is 1.33 bits per heavy atom. The lowest BCUT2D eigenvalue weighted by molar-refractivity contribution is -0.132. The fourth-order valence-electron chi connectivity index (χ4n) is 1.36. The molecule has 1 rings (SSSR count). The first-order valence-corrected chi connectivity index (χ1v) is 3.50. The maximum absolute atomic E-state index is 11.2. The molecule has 0 aromatic heterocycles. The van der Waals surface area contributed by atoms with E-state index in [9.17, 15) is 4.79 Å². The molecule has 1 aliphatic rings. The van der Waals surface area contributed by atoms with Crippen LogP contribution < -0.4 is 0 Å². The molecule has 0 bridgehead atoms. The van der Waals surface area contributed by atoms with Crippen LogP contribution in [0.4, 0.5) is 0 Å². The highest BCUT2D eigenvalue weighted by Crippen LogP contribution is 2.55. The summed E-state index contributed by atoms with van der Waals surface area (Å²) in [5.41, 5.74) is -1.83. The predicted molar refractivity (Wildman–Crippen MR) is 41.6 cm³/mol. The normalized spacial score (nSPS) is 23.7. The minimum absolute atomic E-state index is 0.366. The molecule has 0 atom stereocenters. The molecule has 3 heteroatoms. The third-order valence-electron chi connectivity index (χ3n) is 2.64. The van der Waals surface area contributed by atoms with Crippen molar-refractivity contribution in [1.82, 2.24) is 0 Å². The minimum Gasteiger partial charge on any atom is -0.291 e. The van der Waals surface area contributed by atoms with Gasteiger partial charge in [0.25, 0.3) is 0 Å². The second-order valence-electron chi connectivity index (χ2n) is 3.41. The Balaban J connectivity index is 3.30. The summed E-state index contributed by atoms with van der Waals surface area (Å²) in [6.07, 6.45) is 0. The van der Waals surface area contributed by atoms with E-state index in [4.69, 9.17) is 10.5 Å². The van der Waals surface area contributed by atoms with Crippen molar-refractivity contribution >= 4 is 5.78 Å². The van der Waals surface area contributed by atoms with Gasteiger partial charge in [-0.1, -0.05) is 20.4 Å². The number of ketones is 1. The molecule has 0 N–H and O–H groups in total. The van der Waals surface area contributed by atoms with Crippen molar-refractivity contribution in [2.24, 2.45) is 10.8 Å². The van der Waals surface area contributed by atoms with Gasteiger partial charge >= 0.3 is 0 Å². The third kappa shape index (κ3) is 0.530. The van der Waals surface area contributed by atoms with E-state index in [2.05, 4.69) is 6.58 Å². The van der Waals surface area contributed by atoms with E-state index >= 15 is 0 Å². The van der Waals surface area contributed by atoms with Crippen molar-refractivity contribution < 1.29 is 4.79 Å². The molecule has 3 nitrogen and oxygen atoms in total. The molecule has 0 heterocycles. The highest BCUT2D eigenvalue weighted by atomic mass is 16.1. The standard InChI is InChI=1S/C9H8N2O/c1-6-7(12)9(4-10,5-11)8(6,2)3/h1H2,2-3H3. The van der Waals surface area contributed by atoms with Crippen LogP contribution >= 0.6 is 0 Å². The van der Waals surface area contributed by atoms with Gasteiger partial charge < -0.3 is 0 Å². The SMILES string of the molecule is C=C1C(=O)C(C#N)(C#N)C1(C)C. The number of carbonyl (C=O) groups is 1. The Bertz CT molecular complexity index is 338. The van der Waals surface area contributed by atoms with Crippen molar-refractivity contribution in [1.29, 1.82) is 10.5 Å². The fraction of sp³-hybridized carbons (Fsp3) is 0.444. The lowest BCUT2D eigenvalue weighted by Crippen LogP contribution is -2.56. The van der Waals surface area contributed by atoms with Gasteiger partial charge in [-0.05, 0) is 5.57 Å². The average Bonchev–Trinajstić information content (AvgIpc) is 2.05. The molecule has 60 valence electrons. The first kappa shape index (κ1) is 8.49. The lowest BCUT2D eigenvalue weighted by atomic mass is 9.49. The number of allylic oxidation sites excluding steroid dienone is 1. The molecule has 12 heavy (non-hydrogen) atoms. The van der Waals surface area contributed by atoms with Crippen LogP contribution in [-0.2, 0) is 4.79 Å². The van der Waals surface area contributed by atoms with Crippen LogP contribution in [0.5, 0.6) is 0 Å². The van der Waals surface area contributed by atoms with Gasteiger partial charge in [-0.3, -0.25) is 4.79 Å². The zero-order chi connectivity index (χ0) is 9.57. The van der Waals surface area contributed by atoms with Gasteiger partial charge in [-0.15, -0.1) is 0 Å². The first-order chi connectivity index (χ1) is 5.44. The number of hydrogen-bond donors (Lipinski definition) is 0.